The zero-order valence-corrected chi connectivity index (χ0v) is 44.8. The summed E-state index contributed by atoms with van der Waals surface area (Å²) in [5.74, 6) is 0. The molecule has 0 aromatic rings. The molecule has 61 heavy (non-hydrogen) atoms. The SMILES string of the molecule is CCCCCCCCOP(=O)([O-])CCCCCCCC.CCCCCCCCOP(=O)([O-])CCCCCCCC.CCCCCCCCOP(=O)([O-])CCCCCCCC.[Co+3]. The van der Waals surface area contributed by atoms with Gasteiger partial charge < -0.3 is 41.9 Å². The van der Waals surface area contributed by atoms with Crippen molar-refractivity contribution in [1.82, 2.24) is 0 Å². The Balaban J connectivity index is -0.000000396. The predicted molar refractivity (Wildman–Crippen MR) is 256 cm³/mol. The van der Waals surface area contributed by atoms with Gasteiger partial charge in [-0.1, -0.05) is 234 Å². The molecule has 0 aromatic heterocycles. The van der Waals surface area contributed by atoms with E-state index >= 15 is 0 Å². The summed E-state index contributed by atoms with van der Waals surface area (Å²) in [7, 11) is -10.7. The van der Waals surface area contributed by atoms with Crippen LogP contribution < -0.4 is 14.7 Å². The largest absolute Gasteiger partial charge is 3.00 e. The van der Waals surface area contributed by atoms with Gasteiger partial charge in [-0.05, 0) is 38.5 Å². The molecule has 0 N–H and O–H groups in total. The fourth-order valence-electron chi connectivity index (χ4n) is 6.71. The molecule has 3 atom stereocenters. The molecule has 0 saturated heterocycles. The van der Waals surface area contributed by atoms with Gasteiger partial charge in [0, 0.05) is 18.5 Å². The summed E-state index contributed by atoms with van der Waals surface area (Å²) in [6, 6.07) is 0. The van der Waals surface area contributed by atoms with Gasteiger partial charge in [-0.3, -0.25) is 0 Å². The Hall–Kier alpha value is 0.956. The number of unbranched alkanes of at least 4 members (excludes halogenated alkanes) is 30. The third-order valence-electron chi connectivity index (χ3n) is 10.7. The van der Waals surface area contributed by atoms with E-state index in [1.807, 2.05) is 0 Å². The van der Waals surface area contributed by atoms with Gasteiger partial charge in [0.2, 0.25) is 0 Å². The zero-order valence-electron chi connectivity index (χ0n) is 41.0. The molecule has 9 nitrogen and oxygen atoms in total. The van der Waals surface area contributed by atoms with Crippen LogP contribution in [0.5, 0.6) is 0 Å². The maximum absolute atomic E-state index is 11.7. The normalized spacial score (nSPS) is 14.1. The zero-order chi connectivity index (χ0) is 45.3. The van der Waals surface area contributed by atoms with Gasteiger partial charge in [0.05, 0.1) is 19.8 Å². The minimum Gasteiger partial charge on any atom is -0.778 e. The second-order valence-electron chi connectivity index (χ2n) is 17.1. The molecule has 0 aliphatic rings. The van der Waals surface area contributed by atoms with Crippen molar-refractivity contribution in [2.45, 2.75) is 273 Å². The van der Waals surface area contributed by atoms with Crippen molar-refractivity contribution in [2.75, 3.05) is 38.3 Å². The Labute approximate surface area is 390 Å². The molecule has 0 rings (SSSR count). The third-order valence-corrected chi connectivity index (χ3v) is 15.0. The average molecular weight is 975 g/mol. The smallest absolute Gasteiger partial charge is 0.778 e. The Morgan fingerprint density at radius 2 is 0.410 bits per heavy atom. The molecule has 0 aliphatic heterocycles. The molecule has 13 heteroatoms. The summed E-state index contributed by atoms with van der Waals surface area (Å²) in [5.41, 5.74) is 0. The van der Waals surface area contributed by atoms with E-state index in [2.05, 4.69) is 41.5 Å². The van der Waals surface area contributed by atoms with Crippen LogP contribution in [0.2, 0.25) is 0 Å². The fraction of sp³-hybridized carbons (Fsp3) is 1.00. The van der Waals surface area contributed by atoms with E-state index in [9.17, 15) is 28.4 Å². The number of hydrogen-bond acceptors (Lipinski definition) is 9. The molecule has 0 bridgehead atoms. The van der Waals surface area contributed by atoms with Crippen LogP contribution in [0, 0.1) is 0 Å². The van der Waals surface area contributed by atoms with Crippen molar-refractivity contribution in [3.8, 4) is 0 Å². The van der Waals surface area contributed by atoms with Gasteiger partial charge in [-0.2, -0.15) is 0 Å². The Morgan fingerprint density at radius 3 is 0.590 bits per heavy atom. The molecule has 372 valence electrons. The van der Waals surface area contributed by atoms with Crippen LogP contribution >= 0.6 is 22.8 Å². The maximum Gasteiger partial charge on any atom is 3.00 e. The minimum absolute atomic E-state index is 0. The summed E-state index contributed by atoms with van der Waals surface area (Å²) in [6.45, 7) is 14.3. The van der Waals surface area contributed by atoms with Crippen molar-refractivity contribution in [1.29, 1.82) is 0 Å². The molecular weight excluding hydrogens is 872 g/mol. The van der Waals surface area contributed by atoms with E-state index in [1.165, 1.54) is 135 Å². The van der Waals surface area contributed by atoms with Gasteiger partial charge in [-0.15, -0.1) is 0 Å². The van der Waals surface area contributed by atoms with Gasteiger partial charge in [0.25, 0.3) is 0 Å². The van der Waals surface area contributed by atoms with Crippen molar-refractivity contribution < 1.29 is 58.7 Å². The Bertz CT molecular complexity index is 858. The molecule has 0 radical (unpaired) electrons. The van der Waals surface area contributed by atoms with Crippen LogP contribution in [0.3, 0.4) is 0 Å². The number of rotatable bonds is 45. The monoisotopic (exact) mass is 975 g/mol. The van der Waals surface area contributed by atoms with Crippen LogP contribution in [0.4, 0.5) is 0 Å². The van der Waals surface area contributed by atoms with Crippen LogP contribution in [-0.2, 0) is 44.0 Å². The first-order chi connectivity index (χ1) is 28.9. The van der Waals surface area contributed by atoms with Crippen molar-refractivity contribution >= 4 is 22.8 Å². The van der Waals surface area contributed by atoms with E-state index in [1.54, 1.807) is 0 Å². The molecule has 0 heterocycles. The van der Waals surface area contributed by atoms with Gasteiger partial charge in [0.1, 0.15) is 22.8 Å². The van der Waals surface area contributed by atoms with Gasteiger partial charge in [-0.25, -0.2) is 0 Å². The van der Waals surface area contributed by atoms with Crippen LogP contribution in [0.15, 0.2) is 0 Å². The maximum atomic E-state index is 11.7. The molecule has 3 unspecified atom stereocenters. The topological polar surface area (TPSA) is 148 Å². The van der Waals surface area contributed by atoms with E-state index in [0.717, 1.165) is 96.3 Å². The summed E-state index contributed by atoms with van der Waals surface area (Å²) < 4.78 is 50.2. The molecule has 0 aliphatic carbocycles. The van der Waals surface area contributed by atoms with E-state index in [0.29, 0.717) is 19.8 Å². The van der Waals surface area contributed by atoms with Crippen LogP contribution in [0.1, 0.15) is 273 Å². The molecule has 0 spiro atoms. The summed E-state index contributed by atoms with van der Waals surface area (Å²) in [6.07, 6.45) is 41.2. The van der Waals surface area contributed by atoms with E-state index in [4.69, 9.17) is 13.6 Å². The first-order valence-electron chi connectivity index (χ1n) is 25.7. The van der Waals surface area contributed by atoms with Crippen LogP contribution in [0.25, 0.3) is 0 Å². The standard InChI is InChI=1S/3C16H35O3P.Co/c3*1-3-5-7-9-11-13-15-19-20(17,18)16-14-12-10-8-6-4-2;/h3*3-16H2,1-2H3,(H,17,18);/q;;;+3/p-3. The molecule has 0 saturated carbocycles. The van der Waals surface area contributed by atoms with Crippen molar-refractivity contribution in [3.05, 3.63) is 0 Å². The first-order valence-corrected chi connectivity index (χ1v) is 30.9. The van der Waals surface area contributed by atoms with Crippen LogP contribution in [-0.4, -0.2) is 38.3 Å². The molecular formula is C48H102CoO9P3. The van der Waals surface area contributed by atoms with Crippen molar-refractivity contribution in [2.24, 2.45) is 0 Å². The van der Waals surface area contributed by atoms with Gasteiger partial charge in [0.15, 0.2) is 0 Å². The molecule has 0 fully saturated rings. The van der Waals surface area contributed by atoms with Crippen molar-refractivity contribution in [3.63, 3.8) is 0 Å². The second-order valence-corrected chi connectivity index (χ2v) is 22.9. The summed E-state index contributed by atoms with van der Waals surface area (Å²) in [4.78, 5) is 35.0. The minimum atomic E-state index is -3.56. The average Bonchev–Trinajstić information content (AvgIpc) is 3.21. The predicted octanol–water partition coefficient (Wildman–Crippen LogP) is 15.8. The first kappa shape index (κ1) is 68.5. The van der Waals surface area contributed by atoms with Gasteiger partial charge >= 0.3 is 16.8 Å². The quantitative estimate of drug-likeness (QED) is 0.0429. The molecule has 0 aromatic carbocycles. The van der Waals surface area contributed by atoms with E-state index in [-0.39, 0.29) is 35.3 Å². The third kappa shape index (κ3) is 63.1. The number of hydrogen-bond donors (Lipinski definition) is 0. The fourth-order valence-corrected chi connectivity index (χ4v) is 10.2. The summed E-state index contributed by atoms with van der Waals surface area (Å²) in [5, 5.41) is 0. The Morgan fingerprint density at radius 1 is 0.262 bits per heavy atom. The molecule has 0 amide bonds. The van der Waals surface area contributed by atoms with E-state index < -0.39 is 22.8 Å². The second kappa shape index (κ2) is 53.6. The summed E-state index contributed by atoms with van der Waals surface area (Å²) >= 11 is 0. The Kier molecular flexibility index (Phi) is 60.2.